The van der Waals surface area contributed by atoms with Gasteiger partial charge < -0.3 is 19.1 Å². The fraction of sp³-hybridized carbons (Fsp3) is 0.556. The first-order valence-corrected chi connectivity index (χ1v) is 9.02. The van der Waals surface area contributed by atoms with Gasteiger partial charge in [0.15, 0.2) is 18.4 Å². The van der Waals surface area contributed by atoms with Crippen molar-refractivity contribution in [3.63, 3.8) is 0 Å². The molecule has 164 valence electrons. The van der Waals surface area contributed by atoms with E-state index >= 15 is 0 Å². The number of hydrogen-bond acceptors (Lipinski definition) is 9. The number of amides is 1. The molecule has 1 N–H and O–H groups in total. The summed E-state index contributed by atoms with van der Waals surface area (Å²) in [5.74, 6) is -2.71. The number of nitrogens with one attached hydrogen (secondary N) is 1. The van der Waals surface area contributed by atoms with Crippen LogP contribution in [-0.4, -0.2) is 63.1 Å². The lowest BCUT2D eigenvalue weighted by Gasteiger charge is -2.30. The second kappa shape index (κ2) is 8.93. The highest BCUT2D eigenvalue weighted by Gasteiger charge is 2.55. The minimum atomic E-state index is -1.31. The van der Waals surface area contributed by atoms with Gasteiger partial charge >= 0.3 is 23.6 Å². The van der Waals surface area contributed by atoms with E-state index in [2.05, 4.69) is 4.98 Å². The molecule has 30 heavy (non-hydrogen) atoms. The summed E-state index contributed by atoms with van der Waals surface area (Å²) in [6, 6.07) is -1.05. The van der Waals surface area contributed by atoms with Crippen molar-refractivity contribution in [3.05, 3.63) is 32.6 Å². The Balaban J connectivity index is 2.71. The normalized spacial score (nSPS) is 23.0. The molecule has 1 aromatic rings. The predicted molar refractivity (Wildman–Crippen MR) is 99.1 cm³/mol. The first-order chi connectivity index (χ1) is 13.9. The van der Waals surface area contributed by atoms with Gasteiger partial charge in [-0.15, -0.1) is 0 Å². The van der Waals surface area contributed by atoms with E-state index in [4.69, 9.17) is 14.2 Å². The number of ether oxygens (including phenoxy) is 3. The second-order valence-corrected chi connectivity index (χ2v) is 6.84. The third-order valence-corrected chi connectivity index (χ3v) is 4.50. The molecule has 1 saturated heterocycles. The van der Waals surface area contributed by atoms with Gasteiger partial charge in [-0.25, -0.2) is 4.79 Å². The molecule has 2 rings (SSSR count). The number of carbonyl (C=O) groups is 4. The monoisotopic (exact) mass is 425 g/mol. The van der Waals surface area contributed by atoms with Gasteiger partial charge in [-0.05, 0) is 6.92 Å². The van der Waals surface area contributed by atoms with Crippen molar-refractivity contribution in [1.29, 1.82) is 0 Å². The first-order valence-electron chi connectivity index (χ1n) is 9.02. The summed E-state index contributed by atoms with van der Waals surface area (Å²) in [5, 5.41) is 0. The minimum Gasteiger partial charge on any atom is -0.464 e. The fourth-order valence-electron chi connectivity index (χ4n) is 3.43. The molecule has 0 radical (unpaired) electrons. The number of aromatic nitrogens is 2. The first kappa shape index (κ1) is 22.8. The van der Waals surface area contributed by atoms with Crippen molar-refractivity contribution >= 4 is 23.8 Å². The SMILES string of the molecule is CC(=O)OC[C@@H]1[C@@H](OC(C)=O)[C@@H](OC(C)=O)[C@@H](n2cc(C)c(=O)[nH]c2=O)N1C(C)=O. The molecule has 4 atom stereocenters. The Morgan fingerprint density at radius 1 is 0.967 bits per heavy atom. The van der Waals surface area contributed by atoms with E-state index in [1.165, 1.54) is 20.0 Å². The van der Waals surface area contributed by atoms with Crippen LogP contribution in [0.1, 0.15) is 39.4 Å². The highest BCUT2D eigenvalue weighted by molar-refractivity contribution is 5.75. The van der Waals surface area contributed by atoms with E-state index in [9.17, 15) is 28.8 Å². The molecular formula is C18H23N3O9. The summed E-state index contributed by atoms with van der Waals surface area (Å²) in [7, 11) is 0. The van der Waals surface area contributed by atoms with Gasteiger partial charge in [-0.3, -0.25) is 33.5 Å². The van der Waals surface area contributed by atoms with E-state index in [-0.39, 0.29) is 12.2 Å². The summed E-state index contributed by atoms with van der Waals surface area (Å²) in [4.78, 5) is 74.9. The second-order valence-electron chi connectivity index (χ2n) is 6.84. The summed E-state index contributed by atoms with van der Waals surface area (Å²) in [6.45, 7) is 5.65. The average Bonchev–Trinajstić information content (AvgIpc) is 2.88. The molecule has 1 aromatic heterocycles. The van der Waals surface area contributed by atoms with Crippen molar-refractivity contribution in [2.45, 2.75) is 59.0 Å². The largest absolute Gasteiger partial charge is 0.464 e. The average molecular weight is 425 g/mol. The predicted octanol–water partition coefficient (Wildman–Crippen LogP) is -0.999. The maximum atomic E-state index is 12.5. The number of hydrogen-bond donors (Lipinski definition) is 1. The maximum Gasteiger partial charge on any atom is 0.330 e. The highest BCUT2D eigenvalue weighted by atomic mass is 16.6. The van der Waals surface area contributed by atoms with E-state index < -0.39 is 59.5 Å². The van der Waals surface area contributed by atoms with Gasteiger partial charge in [0.2, 0.25) is 5.91 Å². The molecule has 0 aromatic carbocycles. The zero-order chi connectivity index (χ0) is 22.7. The van der Waals surface area contributed by atoms with Crippen molar-refractivity contribution < 1.29 is 33.4 Å². The number of H-pyrrole nitrogens is 1. The minimum absolute atomic E-state index is 0.159. The van der Waals surface area contributed by atoms with Crippen LogP contribution in [0.25, 0.3) is 0 Å². The Kier molecular flexibility index (Phi) is 6.80. The van der Waals surface area contributed by atoms with Crippen LogP contribution in [0, 0.1) is 6.92 Å². The van der Waals surface area contributed by atoms with Crippen molar-refractivity contribution in [2.75, 3.05) is 6.61 Å². The topological polar surface area (TPSA) is 154 Å². The van der Waals surface area contributed by atoms with Gasteiger partial charge in [0.25, 0.3) is 5.56 Å². The summed E-state index contributed by atoms with van der Waals surface area (Å²) in [6.07, 6.45) is -2.60. The zero-order valence-corrected chi connectivity index (χ0v) is 17.2. The van der Waals surface area contributed by atoms with Crippen LogP contribution >= 0.6 is 0 Å². The Bertz CT molecular complexity index is 980. The van der Waals surface area contributed by atoms with Crippen LogP contribution in [0.15, 0.2) is 15.8 Å². The smallest absolute Gasteiger partial charge is 0.330 e. The molecule has 2 heterocycles. The Labute approximate surface area is 170 Å². The molecule has 12 nitrogen and oxygen atoms in total. The Morgan fingerprint density at radius 3 is 2.03 bits per heavy atom. The zero-order valence-electron chi connectivity index (χ0n) is 17.2. The standard InChI is InChI=1S/C18H23N3O9/c1-8-6-20(18(27)19-16(8)26)17-15(30-12(5)25)14(29-11(4)24)13(7-28-10(3)23)21(17)9(2)22/h6,13-15,17H,7H2,1-5H3,(H,19,26,27)/t13-,14-,15-,17+/m1/s1. The summed E-state index contributed by atoms with van der Waals surface area (Å²) >= 11 is 0. The fourth-order valence-corrected chi connectivity index (χ4v) is 3.43. The Morgan fingerprint density at radius 2 is 1.53 bits per heavy atom. The van der Waals surface area contributed by atoms with Gasteiger partial charge in [-0.2, -0.15) is 0 Å². The van der Waals surface area contributed by atoms with E-state index in [0.717, 1.165) is 30.2 Å². The van der Waals surface area contributed by atoms with E-state index in [0.29, 0.717) is 0 Å². The lowest BCUT2D eigenvalue weighted by molar-refractivity contribution is -0.166. The molecule has 12 heteroatoms. The molecule has 1 aliphatic rings. The van der Waals surface area contributed by atoms with Crippen LogP contribution in [0.4, 0.5) is 0 Å². The molecule has 0 saturated carbocycles. The summed E-state index contributed by atoms with van der Waals surface area (Å²) in [5.41, 5.74) is -1.33. The third-order valence-electron chi connectivity index (χ3n) is 4.50. The van der Waals surface area contributed by atoms with Crippen LogP contribution in [0.5, 0.6) is 0 Å². The molecule has 0 aliphatic carbocycles. The van der Waals surface area contributed by atoms with Gasteiger partial charge in [0.1, 0.15) is 12.6 Å². The van der Waals surface area contributed by atoms with Crippen molar-refractivity contribution in [2.24, 2.45) is 0 Å². The van der Waals surface area contributed by atoms with Gasteiger partial charge in [-0.1, -0.05) is 0 Å². The highest BCUT2D eigenvalue weighted by Crippen LogP contribution is 2.36. The van der Waals surface area contributed by atoms with Gasteiger partial charge in [0.05, 0.1) is 0 Å². The van der Waals surface area contributed by atoms with Crippen LogP contribution < -0.4 is 11.2 Å². The Hall–Kier alpha value is -3.44. The number of nitrogens with zero attached hydrogens (tertiary/aromatic N) is 2. The van der Waals surface area contributed by atoms with Crippen molar-refractivity contribution in [1.82, 2.24) is 14.5 Å². The lowest BCUT2D eigenvalue weighted by atomic mass is 10.1. The quantitative estimate of drug-likeness (QED) is 0.462. The number of aromatic amines is 1. The third kappa shape index (κ3) is 4.75. The van der Waals surface area contributed by atoms with Gasteiger partial charge in [0, 0.05) is 39.5 Å². The molecule has 0 spiro atoms. The van der Waals surface area contributed by atoms with E-state index in [1.807, 2.05) is 0 Å². The van der Waals surface area contributed by atoms with E-state index in [1.54, 1.807) is 0 Å². The lowest BCUT2D eigenvalue weighted by Crippen LogP contribution is -2.47. The molecule has 0 bridgehead atoms. The number of rotatable bonds is 5. The number of aryl methyl sites for hydroxylation is 1. The van der Waals surface area contributed by atoms with Crippen LogP contribution in [0.2, 0.25) is 0 Å². The molecule has 1 aliphatic heterocycles. The molecule has 1 amide bonds. The number of carbonyl (C=O) groups excluding carboxylic acids is 4. The van der Waals surface area contributed by atoms with Crippen molar-refractivity contribution in [3.8, 4) is 0 Å². The molecule has 1 fully saturated rings. The maximum absolute atomic E-state index is 12.5. The number of esters is 3. The molecular weight excluding hydrogens is 402 g/mol. The molecule has 0 unspecified atom stereocenters. The number of likely N-dealkylation sites (tertiary alicyclic amines) is 1. The van der Waals surface area contributed by atoms with Crippen LogP contribution in [-0.2, 0) is 33.4 Å². The summed E-state index contributed by atoms with van der Waals surface area (Å²) < 4.78 is 16.7. The van der Waals surface area contributed by atoms with Crippen LogP contribution in [0.3, 0.4) is 0 Å².